The van der Waals surface area contributed by atoms with Crippen LogP contribution in [0.25, 0.3) is 53.6 Å². The predicted molar refractivity (Wildman–Crippen MR) is 130 cm³/mol. The van der Waals surface area contributed by atoms with Crippen LogP contribution >= 0.6 is 0 Å². The molecule has 4 aromatic carbocycles. The normalized spacial score (nSPS) is 10.5. The predicted octanol–water partition coefficient (Wildman–Crippen LogP) is 7.51. The van der Waals surface area contributed by atoms with Crippen molar-refractivity contribution < 1.29 is 18.9 Å². The highest BCUT2D eigenvalue weighted by atomic mass is 16.7. The Labute approximate surface area is 194 Å². The number of azide groups is 2. The van der Waals surface area contributed by atoms with Crippen molar-refractivity contribution in [3.8, 4) is 22.6 Å². The number of fused-ring (bicyclic) bond motifs is 2. The van der Waals surface area contributed by atoms with Crippen molar-refractivity contribution in [1.82, 2.24) is 0 Å². The second-order valence-electron chi connectivity index (χ2n) is 7.12. The zero-order valence-corrected chi connectivity index (χ0v) is 18.5. The molecule has 34 heavy (non-hydrogen) atoms. The third kappa shape index (κ3) is 4.25. The summed E-state index contributed by atoms with van der Waals surface area (Å²) in [4.78, 5) is 5.97. The molecule has 0 heterocycles. The molecule has 0 bridgehead atoms. The summed E-state index contributed by atoms with van der Waals surface area (Å²) in [5, 5.41) is 11.0. The number of rotatable bonds is 9. The summed E-state index contributed by atoms with van der Waals surface area (Å²) in [6.45, 7) is -0.164. The molecule has 0 aliphatic rings. The zero-order chi connectivity index (χ0) is 23.9. The van der Waals surface area contributed by atoms with Crippen LogP contribution in [-0.2, 0) is 9.47 Å². The molecule has 0 aliphatic carbocycles. The van der Waals surface area contributed by atoms with Gasteiger partial charge in [0.25, 0.3) is 0 Å². The van der Waals surface area contributed by atoms with E-state index in [1.54, 1.807) is 12.1 Å². The van der Waals surface area contributed by atoms with Crippen molar-refractivity contribution in [2.75, 3.05) is 27.8 Å². The Balaban J connectivity index is 2.25. The van der Waals surface area contributed by atoms with Crippen LogP contribution < -0.4 is 9.47 Å². The van der Waals surface area contributed by atoms with Gasteiger partial charge in [0, 0.05) is 35.2 Å². The van der Waals surface area contributed by atoms with Crippen molar-refractivity contribution in [1.29, 1.82) is 0 Å². The maximum Gasteiger partial charge on any atom is 0.188 e. The first-order chi connectivity index (χ1) is 16.7. The molecule has 10 heteroatoms. The fourth-order valence-electron chi connectivity index (χ4n) is 3.90. The van der Waals surface area contributed by atoms with Crippen molar-refractivity contribution in [3.05, 3.63) is 81.5 Å². The lowest BCUT2D eigenvalue weighted by Crippen LogP contribution is -2.04. The van der Waals surface area contributed by atoms with Crippen LogP contribution in [0, 0.1) is 0 Å². The maximum absolute atomic E-state index is 9.23. The summed E-state index contributed by atoms with van der Waals surface area (Å²) in [6, 6.07) is 18.7. The molecule has 170 valence electrons. The average molecular weight is 456 g/mol. The van der Waals surface area contributed by atoms with E-state index in [0.29, 0.717) is 22.6 Å². The molecule has 10 nitrogen and oxygen atoms in total. The van der Waals surface area contributed by atoms with Crippen LogP contribution in [0.4, 0.5) is 11.4 Å². The first-order valence-corrected chi connectivity index (χ1v) is 10.2. The molecule has 0 saturated heterocycles. The van der Waals surface area contributed by atoms with E-state index in [0.717, 1.165) is 21.5 Å². The van der Waals surface area contributed by atoms with Crippen molar-refractivity contribution in [3.63, 3.8) is 0 Å². The maximum atomic E-state index is 9.23. The SMILES string of the molecule is COCOc1c(N=[N+]=[N-])cc2ccccc2c1-c1c(OCOC)c(N=[N+]=[N-])cc2ccccc12. The van der Waals surface area contributed by atoms with Gasteiger partial charge in [-0.3, -0.25) is 0 Å². The topological polar surface area (TPSA) is 134 Å². The molecule has 0 atom stereocenters. The quantitative estimate of drug-likeness (QED) is 0.111. The van der Waals surface area contributed by atoms with Gasteiger partial charge in [0.1, 0.15) is 11.5 Å². The Morgan fingerprint density at radius 1 is 0.676 bits per heavy atom. The van der Waals surface area contributed by atoms with Crippen LogP contribution in [0.5, 0.6) is 11.5 Å². The lowest BCUT2D eigenvalue weighted by molar-refractivity contribution is 0.0506. The molecule has 4 aromatic rings. The number of hydrogen-bond donors (Lipinski definition) is 0. The molecule has 0 spiro atoms. The molecule has 0 unspecified atom stereocenters. The molecule has 0 N–H and O–H groups in total. The lowest BCUT2D eigenvalue weighted by atomic mass is 9.91. The minimum atomic E-state index is -0.0818. The Hall–Kier alpha value is -4.46. The highest BCUT2D eigenvalue weighted by Gasteiger charge is 2.24. The largest absolute Gasteiger partial charge is 0.466 e. The first kappa shape index (κ1) is 22.7. The first-order valence-electron chi connectivity index (χ1n) is 10.2. The summed E-state index contributed by atoms with van der Waals surface area (Å²) in [5.41, 5.74) is 20.2. The lowest BCUT2D eigenvalue weighted by Gasteiger charge is -2.21. The number of ether oxygens (including phenoxy) is 4. The summed E-state index contributed by atoms with van der Waals surface area (Å²) in [5.74, 6) is 0.618. The van der Waals surface area contributed by atoms with E-state index in [1.807, 2.05) is 48.5 Å². The van der Waals surface area contributed by atoms with Gasteiger partial charge in [0.2, 0.25) is 0 Å². The van der Waals surface area contributed by atoms with Gasteiger partial charge in [0.05, 0.1) is 11.4 Å². The monoisotopic (exact) mass is 456 g/mol. The third-order valence-electron chi connectivity index (χ3n) is 5.16. The van der Waals surface area contributed by atoms with E-state index >= 15 is 0 Å². The fourth-order valence-corrected chi connectivity index (χ4v) is 3.90. The molecule has 0 saturated carbocycles. The third-order valence-corrected chi connectivity index (χ3v) is 5.16. The van der Waals surface area contributed by atoms with Crippen LogP contribution in [0.3, 0.4) is 0 Å². The summed E-state index contributed by atoms with van der Waals surface area (Å²) in [7, 11) is 3.00. The Morgan fingerprint density at radius 3 is 1.47 bits per heavy atom. The van der Waals surface area contributed by atoms with E-state index in [2.05, 4.69) is 20.1 Å². The molecule has 0 fully saturated rings. The van der Waals surface area contributed by atoms with Crippen LogP contribution in [-0.4, -0.2) is 27.8 Å². The van der Waals surface area contributed by atoms with E-state index in [9.17, 15) is 11.1 Å². The summed E-state index contributed by atoms with van der Waals surface area (Å²) < 4.78 is 22.2. The Kier molecular flexibility index (Phi) is 6.98. The van der Waals surface area contributed by atoms with Gasteiger partial charge < -0.3 is 18.9 Å². The van der Waals surface area contributed by atoms with Crippen LogP contribution in [0.2, 0.25) is 0 Å². The van der Waals surface area contributed by atoms with Crippen LogP contribution in [0.15, 0.2) is 70.9 Å². The minimum absolute atomic E-state index is 0.0818. The van der Waals surface area contributed by atoms with Gasteiger partial charge in [0.15, 0.2) is 13.6 Å². The number of methoxy groups -OCH3 is 2. The molecule has 4 rings (SSSR count). The molecular weight excluding hydrogens is 436 g/mol. The number of nitrogens with zero attached hydrogens (tertiary/aromatic N) is 6. The average Bonchev–Trinajstić information content (AvgIpc) is 2.86. The van der Waals surface area contributed by atoms with E-state index in [4.69, 9.17) is 18.9 Å². The second-order valence-corrected chi connectivity index (χ2v) is 7.12. The number of benzene rings is 4. The minimum Gasteiger partial charge on any atom is -0.466 e. The van der Waals surface area contributed by atoms with E-state index < -0.39 is 0 Å². The van der Waals surface area contributed by atoms with E-state index in [1.165, 1.54) is 14.2 Å². The van der Waals surface area contributed by atoms with Crippen molar-refractivity contribution in [2.45, 2.75) is 0 Å². The van der Waals surface area contributed by atoms with Gasteiger partial charge in [-0.1, -0.05) is 58.8 Å². The highest BCUT2D eigenvalue weighted by Crippen LogP contribution is 2.52. The van der Waals surface area contributed by atoms with Gasteiger partial charge in [-0.2, -0.15) is 0 Å². The van der Waals surface area contributed by atoms with E-state index in [-0.39, 0.29) is 25.0 Å². The summed E-state index contributed by atoms with van der Waals surface area (Å²) >= 11 is 0. The standard InChI is InChI=1S/C24H20N6O4/c1-31-13-33-23-19(27-29-25)11-15-7-3-5-9-17(15)21(23)22-18-10-6-4-8-16(18)12-20(28-30-26)24(22)34-14-32-2/h3-12H,13-14H2,1-2H3. The summed E-state index contributed by atoms with van der Waals surface area (Å²) in [6.07, 6.45) is 0. The second kappa shape index (κ2) is 10.4. The molecule has 0 aromatic heterocycles. The highest BCUT2D eigenvalue weighted by molar-refractivity contribution is 6.13. The van der Waals surface area contributed by atoms with Gasteiger partial charge >= 0.3 is 0 Å². The van der Waals surface area contributed by atoms with Gasteiger partial charge in [-0.25, -0.2) is 0 Å². The van der Waals surface area contributed by atoms with Crippen molar-refractivity contribution >= 4 is 32.9 Å². The van der Waals surface area contributed by atoms with Gasteiger partial charge in [-0.15, -0.1) is 0 Å². The molecule has 0 aliphatic heterocycles. The zero-order valence-electron chi connectivity index (χ0n) is 18.5. The van der Waals surface area contributed by atoms with Crippen LogP contribution in [0.1, 0.15) is 0 Å². The van der Waals surface area contributed by atoms with Crippen molar-refractivity contribution in [2.24, 2.45) is 10.2 Å². The fraction of sp³-hybridized carbons (Fsp3) is 0.167. The smallest absolute Gasteiger partial charge is 0.188 e. The molecule has 0 radical (unpaired) electrons. The molecular formula is C24H20N6O4. The Morgan fingerprint density at radius 2 is 1.09 bits per heavy atom. The number of hydrogen-bond acceptors (Lipinski definition) is 6. The van der Waals surface area contributed by atoms with Gasteiger partial charge in [-0.05, 0) is 44.7 Å². The molecule has 0 amide bonds. The Bertz CT molecular complexity index is 1350.